The first-order chi connectivity index (χ1) is 6.11. The number of rotatable bonds is 6. The summed E-state index contributed by atoms with van der Waals surface area (Å²) in [6.45, 7) is -0.592. The Morgan fingerprint density at radius 1 is 1.23 bits per heavy atom. The molecule has 0 spiro atoms. The molecule has 13 heavy (non-hydrogen) atoms. The molecule has 0 aromatic rings. The van der Waals surface area contributed by atoms with Crippen LogP contribution in [0.4, 0.5) is 9.59 Å². The molecule has 0 heterocycles. The van der Waals surface area contributed by atoms with Crippen LogP contribution in [0.15, 0.2) is 0 Å². The van der Waals surface area contributed by atoms with Gasteiger partial charge in [-0.05, 0) is 0 Å². The van der Waals surface area contributed by atoms with Crippen molar-refractivity contribution in [2.24, 2.45) is 0 Å². The molecule has 0 saturated heterocycles. The molecule has 0 saturated carbocycles. The van der Waals surface area contributed by atoms with Gasteiger partial charge in [-0.3, -0.25) is 4.79 Å². The molecule has 73 valence electrons. The Kier molecular flexibility index (Phi) is 5.91. The van der Waals surface area contributed by atoms with Gasteiger partial charge in [0.05, 0.1) is 13.2 Å². The molecule has 0 aromatic heterocycles. The largest absolute Gasteiger partial charge is 0.561 e. The summed E-state index contributed by atoms with van der Waals surface area (Å²) < 4.78 is 0. The first kappa shape index (κ1) is 11.9. The fourth-order valence-electron chi connectivity index (χ4n) is 0.766. The standard InChI is InChI=1S/C6H11BNO5/c9-3-1-8(2-4-10)5(11)7-6(12)13/h9-10H,1-4H2,(H,12,13)/p-1. The topological polar surface area (TPSA) is 101 Å². The van der Waals surface area contributed by atoms with E-state index in [2.05, 4.69) is 0 Å². The Hall–Kier alpha value is -1.08. The number of hydrogen-bond acceptors (Lipinski definition) is 5. The van der Waals surface area contributed by atoms with Crippen LogP contribution in [-0.2, 0) is 0 Å². The number of carbonyl (C=O) groups is 2. The third-order valence-corrected chi connectivity index (χ3v) is 1.29. The molecule has 6 nitrogen and oxygen atoms in total. The van der Waals surface area contributed by atoms with Crippen LogP contribution in [0.2, 0.25) is 0 Å². The van der Waals surface area contributed by atoms with Gasteiger partial charge in [0, 0.05) is 19.0 Å². The average Bonchev–Trinajstić information content (AvgIpc) is 2.02. The van der Waals surface area contributed by atoms with Crippen LogP contribution in [0, 0.1) is 0 Å². The predicted molar refractivity (Wildman–Crippen MR) is 42.3 cm³/mol. The van der Waals surface area contributed by atoms with Crippen molar-refractivity contribution >= 4 is 19.0 Å². The lowest BCUT2D eigenvalue weighted by Crippen LogP contribution is -2.43. The maximum atomic E-state index is 11.0. The van der Waals surface area contributed by atoms with Gasteiger partial charge < -0.3 is 25.0 Å². The molecule has 7 heteroatoms. The Morgan fingerprint density at radius 3 is 2.00 bits per heavy atom. The number of carbonyl (C=O) groups excluding carboxylic acids is 2. The summed E-state index contributed by atoms with van der Waals surface area (Å²) in [6, 6.07) is 0. The van der Waals surface area contributed by atoms with Gasteiger partial charge in [-0.25, -0.2) is 0 Å². The minimum atomic E-state index is -1.59. The first-order valence-electron chi connectivity index (χ1n) is 3.68. The van der Waals surface area contributed by atoms with Gasteiger partial charge in [0.15, 0.2) is 5.81 Å². The monoisotopic (exact) mass is 187 g/mol. The van der Waals surface area contributed by atoms with Crippen LogP contribution >= 0.6 is 0 Å². The van der Waals surface area contributed by atoms with Crippen molar-refractivity contribution < 1.29 is 24.9 Å². The minimum absolute atomic E-state index is 0.0107. The van der Waals surface area contributed by atoms with E-state index in [1.165, 1.54) is 0 Å². The number of aliphatic hydroxyl groups excluding tert-OH is 2. The number of amides is 1. The van der Waals surface area contributed by atoms with Crippen molar-refractivity contribution in [1.82, 2.24) is 4.90 Å². The molecular formula is C6H10BNO5-. The smallest absolute Gasteiger partial charge is 0.292 e. The molecule has 0 bridgehead atoms. The lowest BCUT2D eigenvalue weighted by atomic mass is 9.77. The first-order valence-corrected chi connectivity index (χ1v) is 3.68. The SMILES string of the molecule is O=C([O-])[B]C(=O)N(CCO)CCO. The Morgan fingerprint density at radius 2 is 1.69 bits per heavy atom. The van der Waals surface area contributed by atoms with E-state index in [1.54, 1.807) is 0 Å². The average molecular weight is 187 g/mol. The second kappa shape index (κ2) is 6.44. The van der Waals surface area contributed by atoms with E-state index in [-0.39, 0.29) is 26.3 Å². The fraction of sp³-hybridized carbons (Fsp3) is 0.667. The highest BCUT2D eigenvalue weighted by atomic mass is 16.4. The van der Waals surface area contributed by atoms with Gasteiger partial charge in [-0.2, -0.15) is 0 Å². The normalized spacial score (nSPS) is 9.38. The molecule has 0 aromatic carbocycles. The van der Waals surface area contributed by atoms with Crippen LogP contribution < -0.4 is 5.11 Å². The molecule has 0 aliphatic heterocycles. The minimum Gasteiger partial charge on any atom is -0.561 e. The van der Waals surface area contributed by atoms with Crippen molar-refractivity contribution in [1.29, 1.82) is 0 Å². The number of aliphatic hydroxyl groups is 2. The Bertz CT molecular complexity index is 180. The van der Waals surface area contributed by atoms with E-state index < -0.39 is 11.7 Å². The van der Waals surface area contributed by atoms with Gasteiger partial charge in [-0.1, -0.05) is 0 Å². The van der Waals surface area contributed by atoms with E-state index in [1.807, 2.05) is 0 Å². The Labute approximate surface area is 76.0 Å². The van der Waals surface area contributed by atoms with Crippen LogP contribution in [0.25, 0.3) is 0 Å². The van der Waals surface area contributed by atoms with E-state index in [0.717, 1.165) is 4.90 Å². The molecule has 1 radical (unpaired) electrons. The fourth-order valence-corrected chi connectivity index (χ4v) is 0.766. The van der Waals surface area contributed by atoms with Gasteiger partial charge in [0.2, 0.25) is 0 Å². The van der Waals surface area contributed by atoms with Gasteiger partial charge >= 0.3 is 0 Å². The van der Waals surface area contributed by atoms with Crippen molar-refractivity contribution in [3.63, 3.8) is 0 Å². The van der Waals surface area contributed by atoms with Gasteiger partial charge in [-0.15, -0.1) is 0 Å². The maximum Gasteiger partial charge on any atom is 0.292 e. The zero-order valence-corrected chi connectivity index (χ0v) is 6.97. The molecule has 0 unspecified atom stereocenters. The molecule has 0 atom stereocenters. The summed E-state index contributed by atoms with van der Waals surface area (Å²) in [5, 5.41) is 27.0. The third kappa shape index (κ3) is 5.21. The quantitative estimate of drug-likeness (QED) is 0.445. The lowest BCUT2D eigenvalue weighted by molar-refractivity contribution is -0.234. The van der Waals surface area contributed by atoms with E-state index >= 15 is 0 Å². The zero-order valence-electron chi connectivity index (χ0n) is 6.97. The summed E-state index contributed by atoms with van der Waals surface area (Å²) in [7, 11) is 0.380. The highest BCUT2D eigenvalue weighted by Gasteiger charge is 2.13. The summed E-state index contributed by atoms with van der Waals surface area (Å²) in [5.41, 5.74) is 0. The summed E-state index contributed by atoms with van der Waals surface area (Å²) in [5.74, 6) is -2.38. The van der Waals surface area contributed by atoms with Gasteiger partial charge in [0.1, 0.15) is 0 Å². The van der Waals surface area contributed by atoms with E-state index in [4.69, 9.17) is 10.2 Å². The predicted octanol–water partition coefficient (Wildman–Crippen LogP) is -2.56. The summed E-state index contributed by atoms with van der Waals surface area (Å²) in [4.78, 5) is 22.0. The molecule has 0 fully saturated rings. The number of hydrogen-bond donors (Lipinski definition) is 2. The van der Waals surface area contributed by atoms with Gasteiger partial charge in [0.25, 0.3) is 7.28 Å². The highest BCUT2D eigenvalue weighted by Crippen LogP contribution is 1.89. The second-order valence-corrected chi connectivity index (χ2v) is 2.24. The molecule has 0 aliphatic rings. The second-order valence-electron chi connectivity index (χ2n) is 2.24. The van der Waals surface area contributed by atoms with Crippen molar-refractivity contribution in [3.8, 4) is 0 Å². The van der Waals surface area contributed by atoms with Crippen LogP contribution in [0.1, 0.15) is 0 Å². The molecular weight excluding hydrogens is 177 g/mol. The summed E-state index contributed by atoms with van der Waals surface area (Å²) in [6.07, 6.45) is 0. The summed E-state index contributed by atoms with van der Waals surface area (Å²) >= 11 is 0. The van der Waals surface area contributed by atoms with Crippen molar-refractivity contribution in [2.45, 2.75) is 0 Å². The van der Waals surface area contributed by atoms with Crippen molar-refractivity contribution in [2.75, 3.05) is 26.3 Å². The molecule has 2 N–H and O–H groups in total. The number of nitrogens with zero attached hydrogens (tertiary/aromatic N) is 1. The maximum absolute atomic E-state index is 11.0. The van der Waals surface area contributed by atoms with Crippen molar-refractivity contribution in [3.05, 3.63) is 0 Å². The Balaban J connectivity index is 4.02. The van der Waals surface area contributed by atoms with E-state index in [0.29, 0.717) is 7.28 Å². The van der Waals surface area contributed by atoms with Crippen LogP contribution in [-0.4, -0.2) is 60.4 Å². The third-order valence-electron chi connectivity index (χ3n) is 1.29. The van der Waals surface area contributed by atoms with E-state index in [9.17, 15) is 14.7 Å². The molecule has 1 amide bonds. The van der Waals surface area contributed by atoms with Crippen LogP contribution in [0.3, 0.4) is 0 Å². The highest BCUT2D eigenvalue weighted by molar-refractivity contribution is 6.95. The molecule has 0 aliphatic carbocycles. The molecule has 0 rings (SSSR count). The lowest BCUT2D eigenvalue weighted by Gasteiger charge is -2.20. The zero-order chi connectivity index (χ0) is 10.3. The number of carboxylic acid groups (broad SMARTS) is 1. The van der Waals surface area contributed by atoms with Crippen LogP contribution in [0.5, 0.6) is 0 Å².